The summed E-state index contributed by atoms with van der Waals surface area (Å²) in [5, 5.41) is 9.76. The first-order chi connectivity index (χ1) is 10.6. The fourth-order valence-corrected chi connectivity index (χ4v) is 3.80. The highest BCUT2D eigenvalue weighted by Gasteiger charge is 2.21. The van der Waals surface area contributed by atoms with Gasteiger partial charge in [0.1, 0.15) is 0 Å². The summed E-state index contributed by atoms with van der Waals surface area (Å²) in [6, 6.07) is 6.10. The van der Waals surface area contributed by atoms with Crippen molar-refractivity contribution in [3.05, 3.63) is 46.8 Å². The summed E-state index contributed by atoms with van der Waals surface area (Å²) in [4.78, 5) is 16.9. The molecule has 0 fully saturated rings. The van der Waals surface area contributed by atoms with E-state index in [9.17, 15) is 9.90 Å². The van der Waals surface area contributed by atoms with Crippen molar-refractivity contribution in [3.63, 3.8) is 0 Å². The smallest absolute Gasteiger partial charge is 0.176 e. The van der Waals surface area contributed by atoms with Crippen molar-refractivity contribution in [1.29, 1.82) is 0 Å². The van der Waals surface area contributed by atoms with Crippen LogP contribution >= 0.6 is 11.8 Å². The Morgan fingerprint density at radius 3 is 2.91 bits per heavy atom. The first-order valence-corrected chi connectivity index (χ1v) is 8.42. The molecule has 0 saturated carbocycles. The molecule has 1 aromatic carbocycles. The van der Waals surface area contributed by atoms with Crippen LogP contribution in [-0.2, 0) is 26.5 Å². The minimum absolute atomic E-state index is 0.0444. The molecule has 0 aliphatic heterocycles. The lowest BCUT2D eigenvalue weighted by Crippen LogP contribution is -2.15. The summed E-state index contributed by atoms with van der Waals surface area (Å²) >= 11 is 1.43. The van der Waals surface area contributed by atoms with Crippen LogP contribution in [0.3, 0.4) is 0 Å². The van der Waals surface area contributed by atoms with Gasteiger partial charge < -0.3 is 9.67 Å². The number of carbonyl (C=O) groups excluding carboxylic acids is 1. The summed E-state index contributed by atoms with van der Waals surface area (Å²) in [7, 11) is 1.85. The molecule has 5 heteroatoms. The number of aromatic nitrogens is 2. The molecule has 1 unspecified atom stereocenters. The zero-order valence-electron chi connectivity index (χ0n) is 12.9. The maximum absolute atomic E-state index is 12.6. The Kier molecular flexibility index (Phi) is 4.36. The Bertz CT molecular complexity index is 709. The van der Waals surface area contributed by atoms with Gasteiger partial charge in [-0.25, -0.2) is 4.98 Å². The Labute approximate surface area is 134 Å². The van der Waals surface area contributed by atoms with E-state index in [1.807, 2.05) is 24.6 Å². The second kappa shape index (κ2) is 6.26. The molecule has 0 bridgehead atoms. The molecular weight excluding hydrogens is 296 g/mol. The van der Waals surface area contributed by atoms with Crippen LogP contribution < -0.4 is 0 Å². The van der Waals surface area contributed by atoms with E-state index < -0.39 is 0 Å². The number of benzene rings is 1. The standard InChI is InChI=1S/C17H20N2O2S/c1-11(22-17-18-9-15(10-20)19(17)2)16(21)14-7-6-12-4-3-5-13(12)8-14/h6-9,11,20H,3-5,10H2,1-2H3. The number of fused-ring (bicyclic) bond motifs is 1. The molecule has 1 atom stereocenters. The van der Waals surface area contributed by atoms with Gasteiger partial charge in [-0.05, 0) is 43.4 Å². The maximum atomic E-state index is 12.6. The molecule has 2 aromatic rings. The lowest BCUT2D eigenvalue weighted by Gasteiger charge is -2.11. The highest BCUT2D eigenvalue weighted by Crippen LogP contribution is 2.27. The average molecular weight is 316 g/mol. The summed E-state index contributed by atoms with van der Waals surface area (Å²) in [6.45, 7) is 1.87. The second-order valence-corrected chi connectivity index (χ2v) is 7.02. The number of thioether (sulfide) groups is 1. The number of aliphatic hydroxyl groups is 1. The van der Waals surface area contributed by atoms with Crippen molar-refractivity contribution in [3.8, 4) is 0 Å². The van der Waals surface area contributed by atoms with Crippen LogP contribution in [0.4, 0.5) is 0 Å². The molecule has 1 aromatic heterocycles. The molecule has 0 amide bonds. The number of hydrogen-bond donors (Lipinski definition) is 1. The number of rotatable bonds is 5. The van der Waals surface area contributed by atoms with E-state index in [2.05, 4.69) is 17.1 Å². The summed E-state index contributed by atoms with van der Waals surface area (Å²) < 4.78 is 1.83. The molecule has 1 aliphatic rings. The minimum atomic E-state index is -0.202. The van der Waals surface area contributed by atoms with E-state index in [-0.39, 0.29) is 17.6 Å². The number of nitrogens with zero attached hydrogens (tertiary/aromatic N) is 2. The van der Waals surface area contributed by atoms with Gasteiger partial charge in [-0.1, -0.05) is 23.9 Å². The number of aliphatic hydroxyl groups excluding tert-OH is 1. The van der Waals surface area contributed by atoms with Crippen molar-refractivity contribution < 1.29 is 9.90 Å². The number of carbonyl (C=O) groups is 1. The van der Waals surface area contributed by atoms with Gasteiger partial charge in [-0.2, -0.15) is 0 Å². The summed E-state index contributed by atoms with van der Waals surface area (Å²) in [5.41, 5.74) is 4.24. The normalized spacial score (nSPS) is 14.9. The van der Waals surface area contributed by atoms with Crippen molar-refractivity contribution in [2.24, 2.45) is 7.05 Å². The van der Waals surface area contributed by atoms with Gasteiger partial charge in [0.2, 0.25) is 0 Å². The predicted octanol–water partition coefficient (Wildman–Crippen LogP) is 2.76. The fourth-order valence-electron chi connectivity index (χ4n) is 2.85. The SMILES string of the molecule is CC(Sc1ncc(CO)n1C)C(=O)c1ccc2c(c1)CCC2. The van der Waals surface area contributed by atoms with E-state index in [1.54, 1.807) is 6.20 Å². The van der Waals surface area contributed by atoms with Crippen molar-refractivity contribution in [2.45, 2.75) is 43.2 Å². The van der Waals surface area contributed by atoms with Crippen LogP contribution in [-0.4, -0.2) is 25.7 Å². The number of imidazole rings is 1. The molecule has 3 rings (SSSR count). The van der Waals surface area contributed by atoms with Gasteiger partial charge in [0.25, 0.3) is 0 Å². The molecule has 116 valence electrons. The highest BCUT2D eigenvalue weighted by atomic mass is 32.2. The fraction of sp³-hybridized carbons (Fsp3) is 0.412. The largest absolute Gasteiger partial charge is 0.390 e. The molecule has 0 saturated heterocycles. The van der Waals surface area contributed by atoms with E-state index in [1.165, 1.54) is 29.3 Å². The molecule has 1 N–H and O–H groups in total. The van der Waals surface area contributed by atoms with Gasteiger partial charge in [0, 0.05) is 12.6 Å². The lowest BCUT2D eigenvalue weighted by atomic mass is 10.0. The van der Waals surface area contributed by atoms with Crippen LogP contribution in [0.5, 0.6) is 0 Å². The topological polar surface area (TPSA) is 55.1 Å². The van der Waals surface area contributed by atoms with Gasteiger partial charge in [-0.3, -0.25) is 4.79 Å². The van der Waals surface area contributed by atoms with Gasteiger partial charge in [0.05, 0.1) is 23.7 Å². The highest BCUT2D eigenvalue weighted by molar-refractivity contribution is 8.00. The molecular formula is C17H20N2O2S. The van der Waals surface area contributed by atoms with Crippen LogP contribution in [0, 0.1) is 0 Å². The third-order valence-electron chi connectivity index (χ3n) is 4.24. The summed E-state index contributed by atoms with van der Waals surface area (Å²) in [5.74, 6) is 0.133. The van der Waals surface area contributed by atoms with E-state index in [4.69, 9.17) is 0 Å². The van der Waals surface area contributed by atoms with Crippen molar-refractivity contribution in [2.75, 3.05) is 0 Å². The third-order valence-corrected chi connectivity index (χ3v) is 5.40. The number of ketones is 1. The van der Waals surface area contributed by atoms with E-state index in [0.717, 1.165) is 29.3 Å². The monoisotopic (exact) mass is 316 g/mol. The van der Waals surface area contributed by atoms with Gasteiger partial charge in [0.15, 0.2) is 10.9 Å². The van der Waals surface area contributed by atoms with Crippen LogP contribution in [0.15, 0.2) is 29.6 Å². The number of aryl methyl sites for hydroxylation is 2. The van der Waals surface area contributed by atoms with Gasteiger partial charge >= 0.3 is 0 Å². The second-order valence-electron chi connectivity index (χ2n) is 5.71. The molecule has 0 radical (unpaired) electrons. The molecule has 1 heterocycles. The van der Waals surface area contributed by atoms with Crippen LogP contribution in [0.1, 0.15) is 40.5 Å². The number of Topliss-reactive ketones (excluding diaryl/α,β-unsaturated/α-hetero) is 1. The molecule has 1 aliphatic carbocycles. The molecule has 0 spiro atoms. The number of hydrogen-bond acceptors (Lipinski definition) is 4. The zero-order chi connectivity index (χ0) is 15.7. The maximum Gasteiger partial charge on any atom is 0.176 e. The van der Waals surface area contributed by atoms with Crippen molar-refractivity contribution >= 4 is 17.5 Å². The minimum Gasteiger partial charge on any atom is -0.390 e. The quantitative estimate of drug-likeness (QED) is 0.681. The Morgan fingerprint density at radius 1 is 1.41 bits per heavy atom. The third kappa shape index (κ3) is 2.83. The van der Waals surface area contributed by atoms with Gasteiger partial charge in [-0.15, -0.1) is 0 Å². The van der Waals surface area contributed by atoms with E-state index >= 15 is 0 Å². The first-order valence-electron chi connectivity index (χ1n) is 7.54. The van der Waals surface area contributed by atoms with Crippen molar-refractivity contribution in [1.82, 2.24) is 9.55 Å². The van der Waals surface area contributed by atoms with E-state index in [0.29, 0.717) is 0 Å². The Balaban J connectivity index is 1.75. The average Bonchev–Trinajstić information content (AvgIpc) is 3.13. The molecule has 4 nitrogen and oxygen atoms in total. The Morgan fingerprint density at radius 2 is 2.18 bits per heavy atom. The van der Waals surface area contributed by atoms with Crippen LogP contribution in [0.2, 0.25) is 0 Å². The zero-order valence-corrected chi connectivity index (χ0v) is 13.7. The lowest BCUT2D eigenvalue weighted by molar-refractivity contribution is 0.0993. The molecule has 22 heavy (non-hydrogen) atoms. The summed E-state index contributed by atoms with van der Waals surface area (Å²) in [6.07, 6.45) is 5.05. The Hall–Kier alpha value is -1.59. The van der Waals surface area contributed by atoms with Crippen LogP contribution in [0.25, 0.3) is 0 Å². The first kappa shape index (κ1) is 15.3. The predicted molar refractivity (Wildman–Crippen MR) is 87.2 cm³/mol.